The number of aryl methyl sites for hydroxylation is 3. The minimum Gasteiger partial charge on any atom is -0.358 e. The second-order valence-electron chi connectivity index (χ2n) is 30.8. The Morgan fingerprint density at radius 2 is 0.682 bits per heavy atom. The third-order valence-corrected chi connectivity index (χ3v) is 22.8. The Morgan fingerprint density at radius 3 is 1.05 bits per heavy atom. The third-order valence-electron chi connectivity index (χ3n) is 21.3. The van der Waals surface area contributed by atoms with E-state index in [1.165, 1.54) is 30.7 Å². The number of likely N-dealkylation sites (N-methyl/N-ethyl adjacent to an activating group) is 4. The summed E-state index contributed by atoms with van der Waals surface area (Å²) in [7, 11) is 7.91. The number of pyridine rings is 4. The van der Waals surface area contributed by atoms with E-state index in [0.29, 0.717) is 123 Å². The normalized spacial score (nSPS) is 13.1. The number of anilines is 4. The first-order valence-corrected chi connectivity index (χ1v) is 43.4. The van der Waals surface area contributed by atoms with Gasteiger partial charge < -0.3 is 40.9 Å². The largest absolute Gasteiger partial charge is 0.358 e. The summed E-state index contributed by atoms with van der Waals surface area (Å²) in [6, 6.07) is 61.3. The number of nitrogens with one attached hydrogen (secondary N) is 4. The predicted molar refractivity (Wildman–Crippen MR) is 510 cm³/mol. The van der Waals surface area contributed by atoms with Crippen molar-refractivity contribution in [2.24, 2.45) is 20.0 Å². The molecular weight excluding hydrogens is 1780 g/mol. The van der Waals surface area contributed by atoms with E-state index in [-0.39, 0.29) is 60.4 Å². The van der Waals surface area contributed by atoms with E-state index >= 15 is 0 Å². The van der Waals surface area contributed by atoms with Crippen molar-refractivity contribution in [2.75, 3.05) is 102 Å². The number of nitrogens with zero attached hydrogens (tertiary/aromatic N) is 12. The molecule has 0 unspecified atom stereocenters. The maximum atomic E-state index is 14.8. The second kappa shape index (κ2) is 43.2. The smallest absolute Gasteiger partial charge is 0.257 e. The van der Waals surface area contributed by atoms with Crippen molar-refractivity contribution >= 4 is 156 Å². The number of carbonyl (C=O) groups excluding carboxylic acids is 8. The van der Waals surface area contributed by atoms with E-state index in [1.54, 1.807) is 115 Å². The SMILES string of the molecule is CN1CCN=C1c1ccc(C(=O)Cc2ccccc2C(=O)Nc2ccc(Cl)cn2)c(F)c1.Cc1cc(Cl)c(CC(=O)c2ccc(C3=NCCN3C)cc2)c(C(=O)Nc2ccc(Cl)cn2)c1.Cc1ccc(CC(=O)c2ccc(C3=NCCN3C)cc2)c(C(=O)Nc2ccc(Br)cn2)c1.Cc1ccc(CC(=O)c2ccc(C3=NCCN3C)cc2)c(C(=O)Nc2ccc(Cl)cn2)c1. The number of rotatable bonds is 24. The summed E-state index contributed by atoms with van der Waals surface area (Å²) in [5, 5.41) is 12.8. The number of carbonyl (C=O) groups is 8. The van der Waals surface area contributed by atoms with E-state index in [4.69, 9.17) is 46.4 Å². The lowest BCUT2D eigenvalue weighted by Gasteiger charge is -2.14. The molecule has 24 nitrogen and oxygen atoms in total. The van der Waals surface area contributed by atoms with Gasteiger partial charge >= 0.3 is 0 Å². The Labute approximate surface area is 774 Å². The van der Waals surface area contributed by atoms with Crippen LogP contribution in [0, 0.1) is 26.6 Å². The molecule has 0 radical (unpaired) electrons. The number of ketones is 4. The molecule has 4 aromatic heterocycles. The third kappa shape index (κ3) is 24.6. The van der Waals surface area contributed by atoms with E-state index in [0.717, 1.165) is 101 Å². The molecule has 0 spiro atoms. The topological polar surface area (TPSA) is 299 Å². The molecule has 129 heavy (non-hydrogen) atoms. The fraction of sp³-hybridized carbons (Fsp3) is 0.192. The van der Waals surface area contributed by atoms with Crippen LogP contribution in [0.2, 0.25) is 20.1 Å². The van der Waals surface area contributed by atoms with Crippen molar-refractivity contribution < 1.29 is 42.7 Å². The van der Waals surface area contributed by atoms with E-state index in [1.807, 2.05) is 145 Å². The Hall–Kier alpha value is -13.6. The average Bonchev–Trinajstić information content (AvgIpc) is 1.46. The lowest BCUT2D eigenvalue weighted by Crippen LogP contribution is -2.23. The number of halogens is 6. The highest BCUT2D eigenvalue weighted by molar-refractivity contribution is 9.10. The fourth-order valence-electron chi connectivity index (χ4n) is 14.4. The highest BCUT2D eigenvalue weighted by atomic mass is 79.9. The van der Waals surface area contributed by atoms with E-state index in [2.05, 4.69) is 91.8 Å². The first-order chi connectivity index (χ1) is 62.0. The van der Waals surface area contributed by atoms with Crippen LogP contribution in [-0.2, 0) is 25.7 Å². The summed E-state index contributed by atoms with van der Waals surface area (Å²) >= 11 is 27.3. The zero-order chi connectivity index (χ0) is 91.5. The van der Waals surface area contributed by atoms with E-state index < -0.39 is 23.4 Å². The molecule has 0 atom stereocenters. The first-order valence-electron chi connectivity index (χ1n) is 41.1. The van der Waals surface area contributed by atoms with Crippen LogP contribution in [0.1, 0.15) is 144 Å². The first kappa shape index (κ1) is 93.0. The quantitative estimate of drug-likeness (QED) is 0.0409. The Kier molecular flexibility index (Phi) is 31.2. The molecule has 8 aromatic carbocycles. The monoisotopic (exact) mass is 1870 g/mol. The van der Waals surface area contributed by atoms with Crippen molar-refractivity contribution in [1.82, 2.24) is 39.5 Å². The van der Waals surface area contributed by atoms with Crippen LogP contribution in [-0.4, -0.2) is 190 Å². The number of aliphatic imine (C=N–C) groups is 4. The zero-order valence-electron chi connectivity index (χ0n) is 71.4. The summed E-state index contributed by atoms with van der Waals surface area (Å²) in [5.74, 6) is 2.39. The van der Waals surface area contributed by atoms with Gasteiger partial charge in [0.15, 0.2) is 23.1 Å². The van der Waals surface area contributed by atoms with Gasteiger partial charge in [-0.25, -0.2) is 24.3 Å². The molecule has 0 bridgehead atoms. The molecule has 0 saturated carbocycles. The number of hydrogen-bond donors (Lipinski definition) is 4. The van der Waals surface area contributed by atoms with Gasteiger partial charge in [-0.15, -0.1) is 0 Å². The molecular formula is C99H88BrCl4FN16O8. The molecule has 12 aromatic rings. The molecule has 4 amide bonds. The lowest BCUT2D eigenvalue weighted by atomic mass is 9.96. The van der Waals surface area contributed by atoms with Gasteiger partial charge in [-0.05, 0) is 156 Å². The van der Waals surface area contributed by atoms with Crippen LogP contribution in [0.4, 0.5) is 27.7 Å². The van der Waals surface area contributed by atoms with Crippen LogP contribution >= 0.6 is 62.3 Å². The Balaban J connectivity index is 0.000000147. The molecule has 0 fully saturated rings. The molecule has 654 valence electrons. The standard InChI is InChI=1S/C25H23BrN4O2.C25H22Cl2N4O2.C25H23ClN4O2.C24H20ClFN4O2/c1-16-3-4-19(21(13-16)25(32)29-23-10-9-20(26)15-28-23)14-22(31)17-5-7-18(8-6-17)24-27-11-12-30(24)2;1-15-11-20(25(33)30-23-8-7-18(26)14-29-23)19(21(27)12-15)13-22(32)16-3-5-17(6-4-16)24-28-9-10-31(24)2;1-16-3-4-19(21(13-16)25(32)29-23-10-9-20(26)15-28-23)14-22(31)17-5-7-18(8-6-17)24-27-11-12-30(24)2;1-30-11-10-27-23(30)16-6-8-19(20(26)12-16)21(31)13-15-4-2-3-5-18(15)24(32)29-22-9-7-17(25)14-28-22/h3-10,13,15H,11-12,14H2,1-2H3,(H,28,29,32);3-8,11-12,14H,9-10,13H2,1-2H3,(H,29,30,33);3-10,13,15H,11-12,14H2,1-2H3,(H,28,29,32);2-9,12,14H,10-11,13H2,1H3,(H,28,29,32). The Bertz CT molecular complexity index is 6180. The number of benzene rings is 8. The van der Waals surface area contributed by atoms with Crippen molar-refractivity contribution in [3.05, 3.63) is 373 Å². The summed E-state index contributed by atoms with van der Waals surface area (Å²) in [5.41, 5.74) is 11.9. The molecule has 8 heterocycles. The highest BCUT2D eigenvalue weighted by Crippen LogP contribution is 2.29. The second-order valence-corrected chi connectivity index (χ2v) is 33.5. The number of Topliss-reactive ketones (excluding diaryl/α,β-unsaturated/α-hetero) is 4. The summed E-state index contributed by atoms with van der Waals surface area (Å²) < 4.78 is 15.6. The molecule has 4 aliphatic rings. The molecule has 4 N–H and O–H groups in total. The van der Waals surface area contributed by atoms with Gasteiger partial charge in [0.05, 0.1) is 46.8 Å². The molecule has 4 aliphatic heterocycles. The lowest BCUT2D eigenvalue weighted by molar-refractivity contribution is 0.0977. The molecule has 0 aliphatic carbocycles. The van der Waals surface area contributed by atoms with Gasteiger partial charge in [0, 0.05) is 176 Å². The number of hydrogen-bond acceptors (Lipinski definition) is 20. The summed E-state index contributed by atoms with van der Waals surface area (Å²) in [6.07, 6.45) is 6.10. The number of aromatic nitrogens is 4. The van der Waals surface area contributed by atoms with Gasteiger partial charge in [0.1, 0.15) is 52.4 Å². The Morgan fingerprint density at radius 1 is 0.341 bits per heavy atom. The fourth-order valence-corrected chi connectivity index (χ4v) is 15.4. The van der Waals surface area contributed by atoms with Crippen molar-refractivity contribution in [2.45, 2.75) is 46.5 Å². The van der Waals surface area contributed by atoms with Crippen LogP contribution in [0.3, 0.4) is 0 Å². The van der Waals surface area contributed by atoms with Gasteiger partial charge in [-0.1, -0.05) is 179 Å². The number of amidine groups is 4. The van der Waals surface area contributed by atoms with Crippen molar-refractivity contribution in [3.8, 4) is 0 Å². The van der Waals surface area contributed by atoms with Crippen LogP contribution in [0.5, 0.6) is 0 Å². The zero-order valence-corrected chi connectivity index (χ0v) is 76.0. The van der Waals surface area contributed by atoms with Crippen molar-refractivity contribution in [3.63, 3.8) is 0 Å². The van der Waals surface area contributed by atoms with Gasteiger partial charge in [0.2, 0.25) is 0 Å². The maximum Gasteiger partial charge on any atom is 0.257 e. The average molecular weight is 1870 g/mol. The van der Waals surface area contributed by atoms with Gasteiger partial charge in [-0.2, -0.15) is 0 Å². The summed E-state index contributed by atoms with van der Waals surface area (Å²) in [4.78, 5) is 146. The van der Waals surface area contributed by atoms with Gasteiger partial charge in [-0.3, -0.25) is 58.3 Å². The minimum atomic E-state index is -0.609. The van der Waals surface area contributed by atoms with Gasteiger partial charge in [0.25, 0.3) is 23.6 Å². The summed E-state index contributed by atoms with van der Waals surface area (Å²) in [6.45, 7) is 12.2. The highest BCUT2D eigenvalue weighted by Gasteiger charge is 2.27. The van der Waals surface area contributed by atoms with Crippen molar-refractivity contribution in [1.29, 1.82) is 0 Å². The number of amides is 4. The van der Waals surface area contributed by atoms with Crippen LogP contribution < -0.4 is 21.3 Å². The van der Waals surface area contributed by atoms with Crippen LogP contribution in [0.15, 0.2) is 262 Å². The van der Waals surface area contributed by atoms with E-state index in [9.17, 15) is 42.7 Å². The molecule has 30 heteroatoms. The predicted octanol–water partition coefficient (Wildman–Crippen LogP) is 18.2. The van der Waals surface area contributed by atoms with Crippen LogP contribution in [0.25, 0.3) is 0 Å². The molecule has 0 saturated heterocycles. The molecule has 16 rings (SSSR count). The minimum absolute atomic E-state index is 0.00386. The maximum absolute atomic E-state index is 14.8.